The van der Waals surface area contributed by atoms with E-state index in [1.54, 1.807) is 7.11 Å². The Balaban J connectivity index is 1.92. The summed E-state index contributed by atoms with van der Waals surface area (Å²) in [7, 11) is 1.73. The molecule has 3 rings (SSSR count). The molecule has 0 bridgehead atoms. The molecule has 0 unspecified atom stereocenters. The Bertz CT molecular complexity index is 580. The maximum Gasteiger partial charge on any atom is 0.118 e. The lowest BCUT2D eigenvalue weighted by atomic mass is 9.59. The van der Waals surface area contributed by atoms with Crippen LogP contribution in [0.5, 0.6) is 5.75 Å². The van der Waals surface area contributed by atoms with Gasteiger partial charge in [0.15, 0.2) is 0 Å². The zero-order chi connectivity index (χ0) is 17.7. The van der Waals surface area contributed by atoms with Crippen LogP contribution in [0, 0.1) is 11.8 Å². The summed E-state index contributed by atoms with van der Waals surface area (Å²) < 4.78 is 5.33. The zero-order valence-corrected chi connectivity index (χ0v) is 16.3. The largest absolute Gasteiger partial charge is 0.497 e. The molecular weight excluding hydrogens is 298 g/mol. The van der Waals surface area contributed by atoms with Crippen LogP contribution in [0.3, 0.4) is 0 Å². The highest BCUT2D eigenvalue weighted by Crippen LogP contribution is 2.54. The van der Waals surface area contributed by atoms with Crippen LogP contribution in [0.15, 0.2) is 24.3 Å². The highest BCUT2D eigenvalue weighted by molar-refractivity contribution is 5.33. The minimum atomic E-state index is -0.0999. The monoisotopic (exact) mass is 331 g/mol. The minimum absolute atomic E-state index is 0.0999. The molecule has 1 saturated carbocycles. The van der Waals surface area contributed by atoms with Crippen molar-refractivity contribution >= 4 is 0 Å². The minimum Gasteiger partial charge on any atom is -0.497 e. The number of fused-ring (bicyclic) bond motifs is 1. The van der Waals surface area contributed by atoms with Crippen LogP contribution in [0.2, 0.25) is 0 Å². The van der Waals surface area contributed by atoms with Gasteiger partial charge in [-0.3, -0.25) is 4.84 Å². The molecule has 1 aliphatic heterocycles. The summed E-state index contributed by atoms with van der Waals surface area (Å²) in [5.41, 5.74) is 1.52. The number of rotatable bonds is 3. The summed E-state index contributed by atoms with van der Waals surface area (Å²) in [4.78, 5) is 6.41. The van der Waals surface area contributed by atoms with Crippen molar-refractivity contribution in [3.05, 3.63) is 29.8 Å². The van der Waals surface area contributed by atoms with Crippen molar-refractivity contribution in [2.75, 3.05) is 7.11 Å². The molecular formula is C21H33NO2. The first kappa shape index (κ1) is 17.8. The number of hydroxylamine groups is 2. The number of hydrogen-bond acceptors (Lipinski definition) is 3. The summed E-state index contributed by atoms with van der Waals surface area (Å²) in [6.45, 7) is 13.8. The summed E-state index contributed by atoms with van der Waals surface area (Å²) in [6, 6.07) is 9.62. The van der Waals surface area contributed by atoms with E-state index < -0.39 is 0 Å². The molecule has 2 fully saturated rings. The lowest BCUT2D eigenvalue weighted by Gasteiger charge is -2.47. The summed E-state index contributed by atoms with van der Waals surface area (Å²) >= 11 is 0. The van der Waals surface area contributed by atoms with Crippen LogP contribution >= 0.6 is 0 Å². The zero-order valence-electron chi connectivity index (χ0n) is 16.3. The second kappa shape index (κ2) is 6.03. The molecule has 0 amide bonds. The first-order valence-corrected chi connectivity index (χ1v) is 9.30. The van der Waals surface area contributed by atoms with Gasteiger partial charge in [0.1, 0.15) is 5.75 Å². The number of hydrogen-bond donors (Lipinski definition) is 0. The van der Waals surface area contributed by atoms with Gasteiger partial charge in [0.2, 0.25) is 0 Å². The quantitative estimate of drug-likeness (QED) is 0.794. The van der Waals surface area contributed by atoms with Crippen LogP contribution < -0.4 is 4.74 Å². The van der Waals surface area contributed by atoms with Gasteiger partial charge in [-0.05, 0) is 69.6 Å². The van der Waals surface area contributed by atoms with E-state index in [-0.39, 0.29) is 11.0 Å². The molecule has 1 aromatic rings. The van der Waals surface area contributed by atoms with Crippen molar-refractivity contribution in [2.24, 2.45) is 11.8 Å². The molecule has 1 aromatic carbocycles. The Morgan fingerprint density at radius 1 is 1.12 bits per heavy atom. The van der Waals surface area contributed by atoms with Gasteiger partial charge < -0.3 is 4.74 Å². The van der Waals surface area contributed by atoms with Crippen molar-refractivity contribution in [3.8, 4) is 5.75 Å². The third-order valence-electron chi connectivity index (χ3n) is 6.26. The van der Waals surface area contributed by atoms with E-state index in [4.69, 9.17) is 9.57 Å². The maximum atomic E-state index is 6.41. The molecule has 0 spiro atoms. The molecule has 134 valence electrons. The summed E-state index contributed by atoms with van der Waals surface area (Å²) in [5, 5.41) is 2.28. The number of ether oxygens (including phenoxy) is 1. The first-order chi connectivity index (χ1) is 11.2. The SMILES string of the molecule is COc1ccc([C@@]2(C)C[C@@H]3[C@@H]([C@@H](C)C2)N(C(C)C)OC3(C)C)cc1. The van der Waals surface area contributed by atoms with Crippen LogP contribution in [-0.2, 0) is 10.3 Å². The fraction of sp³-hybridized carbons (Fsp3) is 0.714. The molecule has 1 heterocycles. The van der Waals surface area contributed by atoms with Crippen molar-refractivity contribution in [3.63, 3.8) is 0 Å². The first-order valence-electron chi connectivity index (χ1n) is 9.30. The Morgan fingerprint density at radius 2 is 1.75 bits per heavy atom. The van der Waals surface area contributed by atoms with Crippen molar-refractivity contribution < 1.29 is 9.57 Å². The maximum absolute atomic E-state index is 6.41. The highest BCUT2D eigenvalue weighted by atomic mass is 16.7. The van der Waals surface area contributed by atoms with E-state index in [1.807, 2.05) is 0 Å². The second-order valence-electron chi connectivity index (χ2n) is 8.92. The second-order valence-corrected chi connectivity index (χ2v) is 8.92. The number of methoxy groups -OCH3 is 1. The van der Waals surface area contributed by atoms with Crippen molar-refractivity contribution in [1.29, 1.82) is 0 Å². The fourth-order valence-corrected chi connectivity index (χ4v) is 5.08. The van der Waals surface area contributed by atoms with Gasteiger partial charge in [-0.25, -0.2) is 0 Å². The Morgan fingerprint density at radius 3 is 2.29 bits per heavy atom. The summed E-state index contributed by atoms with van der Waals surface area (Å²) in [5.74, 6) is 2.09. The molecule has 1 aliphatic carbocycles. The lowest BCUT2D eigenvalue weighted by molar-refractivity contribution is -0.215. The third kappa shape index (κ3) is 2.86. The van der Waals surface area contributed by atoms with Gasteiger partial charge in [0.05, 0.1) is 12.7 Å². The predicted octanol–water partition coefficient (Wildman–Crippen LogP) is 4.80. The molecule has 24 heavy (non-hydrogen) atoms. The molecule has 3 nitrogen and oxygen atoms in total. The Labute approximate surface area is 147 Å². The predicted molar refractivity (Wildman–Crippen MR) is 98.2 cm³/mol. The van der Waals surface area contributed by atoms with Gasteiger partial charge in [-0.1, -0.05) is 26.0 Å². The van der Waals surface area contributed by atoms with Gasteiger partial charge in [0, 0.05) is 18.0 Å². The van der Waals surface area contributed by atoms with Gasteiger partial charge >= 0.3 is 0 Å². The highest BCUT2D eigenvalue weighted by Gasteiger charge is 2.56. The van der Waals surface area contributed by atoms with Crippen LogP contribution in [0.1, 0.15) is 59.9 Å². The standard InChI is InChI=1S/C21H33NO2/c1-14(2)22-19-15(3)12-21(6,13-18(19)20(4,5)24-22)16-8-10-17(23-7)11-9-16/h8-11,14-15,18-19H,12-13H2,1-7H3/t15-,18+,19+,21+/m0/s1. The average Bonchev–Trinajstić information content (AvgIpc) is 2.79. The molecule has 2 aliphatic rings. The van der Waals surface area contributed by atoms with Gasteiger partial charge in [-0.15, -0.1) is 0 Å². The van der Waals surface area contributed by atoms with E-state index in [1.165, 1.54) is 18.4 Å². The fourth-order valence-electron chi connectivity index (χ4n) is 5.08. The Kier molecular flexibility index (Phi) is 4.46. The average molecular weight is 332 g/mol. The van der Waals surface area contributed by atoms with E-state index in [0.717, 1.165) is 5.75 Å². The van der Waals surface area contributed by atoms with Crippen LogP contribution in [0.4, 0.5) is 0 Å². The summed E-state index contributed by atoms with van der Waals surface area (Å²) in [6.07, 6.45) is 2.37. The van der Waals surface area contributed by atoms with E-state index in [0.29, 0.717) is 23.9 Å². The molecule has 4 atom stereocenters. The van der Waals surface area contributed by atoms with Gasteiger partial charge in [-0.2, -0.15) is 5.06 Å². The molecule has 0 N–H and O–H groups in total. The topological polar surface area (TPSA) is 21.7 Å². The Hall–Kier alpha value is -1.06. The molecule has 0 aromatic heterocycles. The van der Waals surface area contributed by atoms with Crippen LogP contribution in [0.25, 0.3) is 0 Å². The van der Waals surface area contributed by atoms with Crippen molar-refractivity contribution in [1.82, 2.24) is 5.06 Å². The molecule has 1 saturated heterocycles. The van der Waals surface area contributed by atoms with Crippen molar-refractivity contribution in [2.45, 2.75) is 77.5 Å². The van der Waals surface area contributed by atoms with E-state index >= 15 is 0 Å². The smallest absolute Gasteiger partial charge is 0.118 e. The molecule has 0 radical (unpaired) electrons. The third-order valence-corrected chi connectivity index (χ3v) is 6.26. The van der Waals surface area contributed by atoms with Gasteiger partial charge in [0.25, 0.3) is 0 Å². The van der Waals surface area contributed by atoms with Crippen LogP contribution in [-0.4, -0.2) is 29.9 Å². The number of benzene rings is 1. The molecule has 3 heteroatoms. The van der Waals surface area contributed by atoms with E-state index in [2.05, 4.69) is 70.9 Å². The number of nitrogens with zero attached hydrogens (tertiary/aromatic N) is 1. The normalized spacial score (nSPS) is 35.9. The van der Waals surface area contributed by atoms with E-state index in [9.17, 15) is 0 Å². The lowest BCUT2D eigenvalue weighted by Crippen LogP contribution is -2.50.